The maximum absolute atomic E-state index is 12.4. The standard InChI is InChI=1S/C16H17N3O6S.C14H15N3O4S.C11H13NO5.C10H11NO5.C8H7NO5.C7H5NO5/c1-4-24-15(21)13-8-17-16(26-13)18-14(20)10-5-11(19(22)23)7-12(6-10)25-9(2)3;1-7(2)21-10-4-8(3-9(15)5-10)12(18)17-14-16-6-11(22-14)13(19)20;1-7(2)17-10-5-8(11(13)16-3)4-9(6-10)12(14)15;1-6(2)16-9-4-7(10(12)13)3-8(5-9)11(14)15;1-14-8(11)5-2-6(9(12)13)4-7(10)3-5;9-6-2-4(7(10)11)1-5(3-6)8(12)13/h5-9H,4H2,1-3H3,(H,17,18,20);3-7H,15H2,1-2H3,(H,19,20)(H,16,17,18);4-7H,1-3H3;3-6H,1-2H3,(H,12,13);2-4,10H,1H3;1-3,9H,(H,10,11). The van der Waals surface area contributed by atoms with E-state index in [-0.39, 0.29) is 125 Å². The van der Waals surface area contributed by atoms with Gasteiger partial charge in [0, 0.05) is 47.6 Å². The molecule has 0 bridgehead atoms. The van der Waals surface area contributed by atoms with E-state index in [4.69, 9.17) is 55.0 Å². The highest BCUT2D eigenvalue weighted by molar-refractivity contribution is 7.17. The largest absolute Gasteiger partial charge is 0.508 e. The van der Waals surface area contributed by atoms with E-state index in [0.717, 1.165) is 84.4 Å². The lowest BCUT2D eigenvalue weighted by atomic mass is 10.1. The van der Waals surface area contributed by atoms with Gasteiger partial charge in [0.15, 0.2) is 10.3 Å². The molecule has 0 aliphatic carbocycles. The van der Waals surface area contributed by atoms with Crippen molar-refractivity contribution < 1.29 is 122 Å². The number of carboxylic acid groups (broad SMARTS) is 3. The molecule has 9 N–H and O–H groups in total. The Hall–Kier alpha value is -14.1. The molecule has 2 amide bonds. The zero-order valence-electron chi connectivity index (χ0n) is 58.5. The van der Waals surface area contributed by atoms with Crippen LogP contribution in [0, 0.1) is 50.6 Å². The summed E-state index contributed by atoms with van der Waals surface area (Å²) in [5.41, 5.74) is 4.50. The van der Waals surface area contributed by atoms with Crippen molar-refractivity contribution in [1.82, 2.24) is 9.97 Å². The minimum absolute atomic E-state index is 0.0442. The van der Waals surface area contributed by atoms with Crippen molar-refractivity contribution in [2.45, 2.75) is 86.7 Å². The summed E-state index contributed by atoms with van der Waals surface area (Å²) >= 11 is 1.82. The highest BCUT2D eigenvalue weighted by Gasteiger charge is 2.22. The second kappa shape index (κ2) is 41.9. The Kier molecular flexibility index (Phi) is 34.2. The number of nitrogens with two attached hydrogens (primary N) is 1. The second-order valence-electron chi connectivity index (χ2n) is 22.0. The molecule has 8 rings (SSSR count). The number of nitrogens with one attached hydrogen (secondary N) is 2. The number of nitrogen functional groups attached to an aromatic ring is 1. The number of aromatic carboxylic acids is 3. The Morgan fingerprint density at radius 3 is 1.06 bits per heavy atom. The van der Waals surface area contributed by atoms with Crippen molar-refractivity contribution in [3.05, 3.63) is 215 Å². The number of esters is 3. The van der Waals surface area contributed by atoms with Gasteiger partial charge in [-0.25, -0.2) is 38.7 Å². The molecule has 42 heteroatoms. The van der Waals surface area contributed by atoms with E-state index in [1.165, 1.54) is 62.0 Å². The highest BCUT2D eigenvalue weighted by atomic mass is 32.1. The second-order valence-corrected chi connectivity index (χ2v) is 24.0. The van der Waals surface area contributed by atoms with Gasteiger partial charge in [0.1, 0.15) is 44.3 Å². The van der Waals surface area contributed by atoms with E-state index in [0.29, 0.717) is 17.0 Å². The molecule has 8 aromatic rings. The number of ether oxygens (including phenoxy) is 7. The van der Waals surface area contributed by atoms with Crippen LogP contribution >= 0.6 is 22.7 Å². The summed E-state index contributed by atoms with van der Waals surface area (Å²) in [5.74, 6) is -6.21. The first-order chi connectivity index (χ1) is 50.5. The quantitative estimate of drug-likeness (QED) is 0.00915. The Morgan fingerprint density at radius 1 is 0.417 bits per heavy atom. The third-order valence-electron chi connectivity index (χ3n) is 11.9. The smallest absolute Gasteiger partial charge is 0.350 e. The normalized spacial score (nSPS) is 10.1. The fourth-order valence-corrected chi connectivity index (χ4v) is 9.18. The van der Waals surface area contributed by atoms with E-state index in [9.17, 15) is 88.9 Å². The van der Waals surface area contributed by atoms with Crippen LogP contribution in [0.1, 0.15) is 144 Å². The Morgan fingerprint density at radius 2 is 0.713 bits per heavy atom. The fourth-order valence-electron chi connectivity index (χ4n) is 7.83. The molecule has 0 aliphatic rings. The van der Waals surface area contributed by atoms with Crippen LogP contribution < -0.4 is 35.3 Å². The van der Waals surface area contributed by atoms with Crippen molar-refractivity contribution in [2.24, 2.45) is 0 Å². The summed E-state index contributed by atoms with van der Waals surface area (Å²) in [6, 6.07) is 21.6. The number of carboxylic acids is 3. The van der Waals surface area contributed by atoms with Gasteiger partial charge in [-0.3, -0.25) is 70.8 Å². The number of phenolic OH excluding ortho intramolecular Hbond substituents is 2. The molecule has 40 nitrogen and oxygen atoms in total. The number of phenols is 2. The number of nitrogens with zero attached hydrogens (tertiary/aromatic N) is 7. The molecule has 574 valence electrons. The third-order valence-corrected chi connectivity index (χ3v) is 13.7. The van der Waals surface area contributed by atoms with Crippen molar-refractivity contribution in [3.63, 3.8) is 0 Å². The van der Waals surface area contributed by atoms with Gasteiger partial charge in [0.05, 0.1) is 140 Å². The van der Waals surface area contributed by atoms with E-state index in [1.54, 1.807) is 60.6 Å². The number of carbonyl (C=O) groups excluding carboxylic acids is 5. The molecular weight excluding hydrogens is 1480 g/mol. The summed E-state index contributed by atoms with van der Waals surface area (Å²) in [6.07, 6.45) is 1.91. The highest BCUT2D eigenvalue weighted by Crippen LogP contribution is 2.30. The monoisotopic (exact) mass is 1540 g/mol. The van der Waals surface area contributed by atoms with Gasteiger partial charge >= 0.3 is 35.8 Å². The molecule has 0 saturated heterocycles. The molecular formula is C66H68N10O30S2. The molecule has 0 aliphatic heterocycles. The number of anilines is 3. The minimum Gasteiger partial charge on any atom is -0.508 e. The number of amides is 2. The number of carbonyl (C=O) groups is 8. The number of nitro groups is 5. The topological polar surface area (TPSA) is 594 Å². The van der Waals surface area contributed by atoms with Crippen LogP contribution in [0.2, 0.25) is 0 Å². The Bertz CT molecular complexity index is 4570. The summed E-state index contributed by atoms with van der Waals surface area (Å²) in [7, 11) is 2.36. The maximum Gasteiger partial charge on any atom is 0.350 e. The molecule has 0 radical (unpaired) electrons. The van der Waals surface area contributed by atoms with E-state index in [1.807, 2.05) is 13.8 Å². The minimum atomic E-state index is -1.32. The van der Waals surface area contributed by atoms with Crippen LogP contribution in [0.5, 0.6) is 34.5 Å². The fraction of sp³-hybridized carbons (Fsp3) is 0.242. The predicted octanol–water partition coefficient (Wildman–Crippen LogP) is 12.1. The zero-order chi connectivity index (χ0) is 81.6. The van der Waals surface area contributed by atoms with Gasteiger partial charge in [-0.1, -0.05) is 22.7 Å². The average Bonchev–Trinajstić information content (AvgIpc) is 1.32. The number of benzene rings is 6. The first-order valence-corrected chi connectivity index (χ1v) is 32.2. The van der Waals surface area contributed by atoms with Crippen LogP contribution in [-0.4, -0.2) is 153 Å². The summed E-state index contributed by atoms with van der Waals surface area (Å²) in [5, 5.41) is 102. The molecule has 6 aromatic carbocycles. The van der Waals surface area contributed by atoms with Crippen LogP contribution in [0.3, 0.4) is 0 Å². The maximum atomic E-state index is 12.4. The van der Waals surface area contributed by atoms with Gasteiger partial charge in [-0.05, 0) is 105 Å². The van der Waals surface area contributed by atoms with Crippen LogP contribution in [0.15, 0.2) is 122 Å². The van der Waals surface area contributed by atoms with Gasteiger partial charge in [0.2, 0.25) is 0 Å². The molecule has 0 atom stereocenters. The number of rotatable bonds is 24. The number of hydrogen-bond donors (Lipinski definition) is 8. The average molecular weight is 1550 g/mol. The van der Waals surface area contributed by atoms with Crippen molar-refractivity contribution in [2.75, 3.05) is 37.2 Å². The Balaban J connectivity index is 0.000000342. The number of aromatic nitrogens is 2. The van der Waals surface area contributed by atoms with Gasteiger partial charge in [-0.2, -0.15) is 0 Å². The molecule has 108 heavy (non-hydrogen) atoms. The Labute approximate surface area is 617 Å². The number of hydrogen-bond acceptors (Lipinski definition) is 32. The summed E-state index contributed by atoms with van der Waals surface area (Å²) in [6.45, 7) is 16.3. The third kappa shape index (κ3) is 30.1. The number of aromatic hydroxyl groups is 2. The summed E-state index contributed by atoms with van der Waals surface area (Å²) in [4.78, 5) is 148. The lowest BCUT2D eigenvalue weighted by Gasteiger charge is -2.11. The van der Waals surface area contributed by atoms with Gasteiger partial charge in [0.25, 0.3) is 40.3 Å². The van der Waals surface area contributed by atoms with Crippen LogP contribution in [0.25, 0.3) is 0 Å². The number of methoxy groups -OCH3 is 2. The van der Waals surface area contributed by atoms with Crippen molar-refractivity contribution in [3.8, 4) is 34.5 Å². The lowest BCUT2D eigenvalue weighted by Crippen LogP contribution is -2.13. The lowest BCUT2D eigenvalue weighted by molar-refractivity contribution is -0.385. The molecule has 0 spiro atoms. The molecule has 2 aromatic heterocycles. The molecule has 0 unspecified atom stereocenters. The summed E-state index contributed by atoms with van der Waals surface area (Å²) < 4.78 is 35.2. The zero-order valence-corrected chi connectivity index (χ0v) is 60.2. The van der Waals surface area contributed by atoms with Crippen molar-refractivity contribution in [1.29, 1.82) is 0 Å². The number of non-ortho nitro benzene ring substituents is 5. The SMILES string of the molecule is CC(C)Oc1cc(C(=O)O)cc([N+](=O)[O-])c1.CC(C)Oc1cc(N)cc(C(=O)Nc2ncc(C(=O)O)s2)c1.CCOC(=O)c1cnc(NC(=O)c2cc(OC(C)C)cc([N+](=O)[O-])c2)s1.COC(=O)c1cc(O)cc([N+](=O)[O-])c1.COC(=O)c1cc(OC(C)C)cc([N+](=O)[O-])c1.O=C(O)c1cc(O)cc([N+](=O)[O-])c1. The van der Waals surface area contributed by atoms with E-state index < -0.39 is 83.7 Å². The first-order valence-electron chi connectivity index (χ1n) is 30.5. The molecule has 0 saturated carbocycles. The van der Waals surface area contributed by atoms with Gasteiger partial charge in [-0.15, -0.1) is 0 Å². The molecule has 2 heterocycles. The number of thiazole rings is 2. The predicted molar refractivity (Wildman–Crippen MR) is 382 cm³/mol. The van der Waals surface area contributed by atoms with E-state index >= 15 is 0 Å². The van der Waals surface area contributed by atoms with E-state index in [2.05, 4.69) is 30.1 Å². The van der Waals surface area contributed by atoms with Gasteiger partial charge < -0.3 is 64.4 Å². The van der Waals surface area contributed by atoms with Crippen LogP contribution in [0.4, 0.5) is 44.4 Å². The van der Waals surface area contributed by atoms with Crippen molar-refractivity contribution >= 4 is 115 Å². The molecule has 0 fully saturated rings. The first kappa shape index (κ1) is 88.2. The number of nitro benzene ring substituents is 5. The van der Waals surface area contributed by atoms with Crippen LogP contribution in [-0.2, 0) is 14.2 Å².